The van der Waals surface area contributed by atoms with Gasteiger partial charge in [-0.3, -0.25) is 4.90 Å². The molecule has 3 atom stereocenters. The third kappa shape index (κ3) is 1.99. The second kappa shape index (κ2) is 4.44. The van der Waals surface area contributed by atoms with Gasteiger partial charge in [0.2, 0.25) is 0 Å². The standard InChI is InChI=1S/C16H24N2O/c19-15-5-7-18(8-6-15)14-3-1-12(2-4-14)16-9-13(16)10-17-11-16/h1-3,13-15,17,19H,4-11H2. The van der Waals surface area contributed by atoms with Crippen LogP contribution in [0.3, 0.4) is 0 Å². The van der Waals surface area contributed by atoms with Crippen LogP contribution in [-0.2, 0) is 0 Å². The maximum absolute atomic E-state index is 9.59. The van der Waals surface area contributed by atoms with E-state index < -0.39 is 0 Å². The summed E-state index contributed by atoms with van der Waals surface area (Å²) >= 11 is 0. The normalized spacial score (nSPS) is 43.1. The van der Waals surface area contributed by atoms with Crippen LogP contribution >= 0.6 is 0 Å². The molecule has 104 valence electrons. The summed E-state index contributed by atoms with van der Waals surface area (Å²) in [5, 5.41) is 13.1. The number of rotatable bonds is 2. The highest BCUT2D eigenvalue weighted by molar-refractivity contribution is 5.39. The molecule has 3 unspecified atom stereocenters. The summed E-state index contributed by atoms with van der Waals surface area (Å²) in [6, 6.07) is 0.569. The van der Waals surface area contributed by atoms with Crippen LogP contribution in [0.5, 0.6) is 0 Å². The van der Waals surface area contributed by atoms with Gasteiger partial charge >= 0.3 is 0 Å². The van der Waals surface area contributed by atoms with E-state index in [1.165, 1.54) is 19.5 Å². The van der Waals surface area contributed by atoms with Gasteiger partial charge in [0, 0.05) is 31.1 Å². The van der Waals surface area contributed by atoms with Gasteiger partial charge in [0.1, 0.15) is 0 Å². The van der Waals surface area contributed by atoms with Gasteiger partial charge in [0.05, 0.1) is 6.10 Å². The van der Waals surface area contributed by atoms with Gasteiger partial charge in [-0.25, -0.2) is 0 Å². The fourth-order valence-corrected chi connectivity index (χ4v) is 4.26. The van der Waals surface area contributed by atoms with Crippen molar-refractivity contribution in [2.45, 2.75) is 37.8 Å². The van der Waals surface area contributed by atoms with Crippen LogP contribution in [0.1, 0.15) is 25.7 Å². The van der Waals surface area contributed by atoms with Crippen molar-refractivity contribution in [1.82, 2.24) is 10.2 Å². The van der Waals surface area contributed by atoms with Crippen LogP contribution in [0.15, 0.2) is 23.8 Å². The second-order valence-electron chi connectivity index (χ2n) is 6.78. The first kappa shape index (κ1) is 12.1. The number of aliphatic hydroxyl groups excluding tert-OH is 1. The highest BCUT2D eigenvalue weighted by Gasteiger charge is 2.58. The van der Waals surface area contributed by atoms with E-state index in [0.29, 0.717) is 11.5 Å². The molecule has 3 fully saturated rings. The molecular weight excluding hydrogens is 236 g/mol. The van der Waals surface area contributed by atoms with Crippen molar-refractivity contribution in [3.8, 4) is 0 Å². The summed E-state index contributed by atoms with van der Waals surface area (Å²) in [6.07, 6.45) is 11.7. The van der Waals surface area contributed by atoms with Crippen molar-refractivity contribution in [2.75, 3.05) is 26.2 Å². The minimum Gasteiger partial charge on any atom is -0.393 e. The van der Waals surface area contributed by atoms with Gasteiger partial charge < -0.3 is 10.4 Å². The lowest BCUT2D eigenvalue weighted by molar-refractivity contribution is 0.0706. The number of fused-ring (bicyclic) bond motifs is 1. The minimum atomic E-state index is -0.0643. The van der Waals surface area contributed by atoms with Crippen LogP contribution in [0.25, 0.3) is 0 Å². The molecule has 0 aromatic heterocycles. The average Bonchev–Trinajstić information content (AvgIpc) is 3.02. The Bertz CT molecular complexity index is 422. The predicted octanol–water partition coefficient (Wildman–Crippen LogP) is 1.31. The van der Waals surface area contributed by atoms with Crippen LogP contribution in [0.4, 0.5) is 0 Å². The van der Waals surface area contributed by atoms with E-state index in [4.69, 9.17) is 0 Å². The van der Waals surface area contributed by atoms with Gasteiger partial charge in [-0.2, -0.15) is 0 Å². The third-order valence-corrected chi connectivity index (χ3v) is 5.68. The quantitative estimate of drug-likeness (QED) is 0.786. The van der Waals surface area contributed by atoms with Crippen LogP contribution in [0.2, 0.25) is 0 Å². The summed E-state index contributed by atoms with van der Waals surface area (Å²) in [5.41, 5.74) is 2.11. The molecule has 4 rings (SSSR count). The van der Waals surface area contributed by atoms with Crippen LogP contribution in [-0.4, -0.2) is 48.3 Å². The largest absolute Gasteiger partial charge is 0.393 e. The molecule has 2 aliphatic carbocycles. The molecule has 0 amide bonds. The van der Waals surface area contributed by atoms with E-state index in [-0.39, 0.29) is 6.10 Å². The number of allylic oxidation sites excluding steroid dienone is 1. The Morgan fingerprint density at radius 3 is 2.74 bits per heavy atom. The Hall–Kier alpha value is -0.640. The van der Waals surface area contributed by atoms with E-state index in [2.05, 4.69) is 28.4 Å². The maximum Gasteiger partial charge on any atom is 0.0564 e. The zero-order valence-corrected chi connectivity index (χ0v) is 11.5. The van der Waals surface area contributed by atoms with E-state index in [1.807, 2.05) is 0 Å². The number of nitrogens with zero attached hydrogens (tertiary/aromatic N) is 1. The van der Waals surface area contributed by atoms with E-state index in [0.717, 1.165) is 38.3 Å². The molecule has 2 heterocycles. The molecular formula is C16H24N2O. The lowest BCUT2D eigenvalue weighted by Gasteiger charge is -2.36. The fraction of sp³-hybridized carbons (Fsp3) is 0.750. The molecule has 0 spiro atoms. The Kier molecular flexibility index (Phi) is 2.83. The monoisotopic (exact) mass is 260 g/mol. The topological polar surface area (TPSA) is 35.5 Å². The predicted molar refractivity (Wildman–Crippen MR) is 75.9 cm³/mol. The Labute approximate surface area is 115 Å². The zero-order chi connectivity index (χ0) is 12.9. The van der Waals surface area contributed by atoms with E-state index in [9.17, 15) is 5.11 Å². The van der Waals surface area contributed by atoms with Crippen LogP contribution in [0, 0.1) is 11.3 Å². The Balaban J connectivity index is 1.40. The molecule has 2 saturated heterocycles. The van der Waals surface area contributed by atoms with E-state index in [1.54, 1.807) is 5.57 Å². The summed E-state index contributed by atoms with van der Waals surface area (Å²) in [4.78, 5) is 2.53. The lowest BCUT2D eigenvalue weighted by Crippen LogP contribution is -2.42. The van der Waals surface area contributed by atoms with Gasteiger partial charge in [0.25, 0.3) is 0 Å². The second-order valence-corrected chi connectivity index (χ2v) is 6.78. The molecule has 3 heteroatoms. The van der Waals surface area contributed by atoms with Gasteiger partial charge in [0.15, 0.2) is 0 Å². The number of nitrogens with one attached hydrogen (secondary N) is 1. The molecule has 0 radical (unpaired) electrons. The zero-order valence-electron chi connectivity index (χ0n) is 11.5. The summed E-state index contributed by atoms with van der Waals surface area (Å²) in [5.74, 6) is 0.907. The SMILES string of the molecule is OC1CCN(C2C=CC(C34CNCC3C4)=CC2)CC1. The van der Waals surface area contributed by atoms with Gasteiger partial charge in [-0.05, 0) is 43.7 Å². The molecule has 2 aliphatic heterocycles. The van der Waals surface area contributed by atoms with Crippen LogP contribution < -0.4 is 5.32 Å². The van der Waals surface area contributed by atoms with Crippen molar-refractivity contribution in [2.24, 2.45) is 11.3 Å². The van der Waals surface area contributed by atoms with Crippen molar-refractivity contribution >= 4 is 0 Å². The first-order valence-corrected chi connectivity index (χ1v) is 7.80. The maximum atomic E-state index is 9.59. The minimum absolute atomic E-state index is 0.0643. The molecule has 3 nitrogen and oxygen atoms in total. The highest BCUT2D eigenvalue weighted by atomic mass is 16.3. The van der Waals surface area contributed by atoms with E-state index >= 15 is 0 Å². The smallest absolute Gasteiger partial charge is 0.0564 e. The molecule has 0 aromatic carbocycles. The Morgan fingerprint density at radius 1 is 1.32 bits per heavy atom. The number of aliphatic hydroxyl groups is 1. The highest BCUT2D eigenvalue weighted by Crippen LogP contribution is 2.60. The molecule has 2 N–H and O–H groups in total. The van der Waals surface area contributed by atoms with Crippen molar-refractivity contribution in [1.29, 1.82) is 0 Å². The first-order valence-electron chi connectivity index (χ1n) is 7.80. The summed E-state index contributed by atoms with van der Waals surface area (Å²) < 4.78 is 0. The molecule has 0 aromatic rings. The lowest BCUT2D eigenvalue weighted by atomic mass is 9.88. The van der Waals surface area contributed by atoms with Crippen molar-refractivity contribution < 1.29 is 5.11 Å². The third-order valence-electron chi connectivity index (χ3n) is 5.68. The number of likely N-dealkylation sites (tertiary alicyclic amines) is 1. The number of hydrogen-bond donors (Lipinski definition) is 2. The molecule has 19 heavy (non-hydrogen) atoms. The number of piperidine rings is 2. The fourth-order valence-electron chi connectivity index (χ4n) is 4.26. The molecule has 4 aliphatic rings. The van der Waals surface area contributed by atoms with Gasteiger partial charge in [-0.1, -0.05) is 18.2 Å². The van der Waals surface area contributed by atoms with Crippen molar-refractivity contribution in [3.05, 3.63) is 23.8 Å². The Morgan fingerprint density at radius 2 is 2.16 bits per heavy atom. The summed E-state index contributed by atoms with van der Waals surface area (Å²) in [6.45, 7) is 4.51. The molecule has 0 bridgehead atoms. The first-order chi connectivity index (χ1) is 9.28. The summed E-state index contributed by atoms with van der Waals surface area (Å²) in [7, 11) is 0. The number of hydrogen-bond acceptors (Lipinski definition) is 3. The van der Waals surface area contributed by atoms with Crippen molar-refractivity contribution in [3.63, 3.8) is 0 Å². The average molecular weight is 260 g/mol. The van der Waals surface area contributed by atoms with Gasteiger partial charge in [-0.15, -0.1) is 0 Å². The molecule has 1 saturated carbocycles.